The van der Waals surface area contributed by atoms with Gasteiger partial charge in [-0.25, -0.2) is 0 Å². The summed E-state index contributed by atoms with van der Waals surface area (Å²) in [6.07, 6.45) is 1.56. The molecule has 0 bridgehead atoms. The predicted molar refractivity (Wildman–Crippen MR) is 109 cm³/mol. The molecule has 1 saturated heterocycles. The summed E-state index contributed by atoms with van der Waals surface area (Å²) in [5.41, 5.74) is 3.12. The molecule has 1 N–H and O–H groups in total. The van der Waals surface area contributed by atoms with Crippen molar-refractivity contribution in [3.63, 3.8) is 0 Å². The van der Waals surface area contributed by atoms with Gasteiger partial charge < -0.3 is 10.2 Å². The first kappa shape index (κ1) is 19.0. The second-order valence-electron chi connectivity index (χ2n) is 6.29. The highest BCUT2D eigenvalue weighted by molar-refractivity contribution is 9.10. The minimum Gasteiger partial charge on any atom is -0.351 e. The van der Waals surface area contributed by atoms with E-state index in [2.05, 4.69) is 21.2 Å². The van der Waals surface area contributed by atoms with Crippen molar-refractivity contribution >= 4 is 45.2 Å². The number of hydrogen-bond donors (Lipinski definition) is 1. The summed E-state index contributed by atoms with van der Waals surface area (Å²) in [5, 5.41) is 2.95. The number of nitrogens with one attached hydrogen (secondary N) is 1. The molecule has 1 fully saturated rings. The van der Waals surface area contributed by atoms with E-state index in [4.69, 9.17) is 0 Å². The molecule has 2 aromatic carbocycles. The molecule has 0 aromatic heterocycles. The topological polar surface area (TPSA) is 49.4 Å². The molecule has 4 nitrogen and oxygen atoms in total. The average molecular weight is 433 g/mol. The zero-order valence-corrected chi connectivity index (χ0v) is 17.0. The van der Waals surface area contributed by atoms with Gasteiger partial charge in [0.25, 0.3) is 0 Å². The van der Waals surface area contributed by atoms with Crippen LogP contribution in [0.3, 0.4) is 0 Å². The number of rotatable bonds is 6. The maximum absolute atomic E-state index is 12.1. The molecule has 2 amide bonds. The number of halogens is 1. The Hall–Kier alpha value is -1.79. The Labute approximate surface area is 166 Å². The van der Waals surface area contributed by atoms with E-state index in [1.165, 1.54) is 0 Å². The highest BCUT2D eigenvalue weighted by Gasteiger charge is 2.21. The fraction of sp³-hybridized carbons (Fsp3) is 0.300. The van der Waals surface area contributed by atoms with Crippen molar-refractivity contribution in [2.24, 2.45) is 0 Å². The summed E-state index contributed by atoms with van der Waals surface area (Å²) in [4.78, 5) is 26.8. The van der Waals surface area contributed by atoms with Gasteiger partial charge in [0.15, 0.2) is 0 Å². The van der Waals surface area contributed by atoms with E-state index in [0.717, 1.165) is 39.1 Å². The van der Waals surface area contributed by atoms with Gasteiger partial charge in [-0.15, -0.1) is 11.8 Å². The zero-order chi connectivity index (χ0) is 18.5. The lowest BCUT2D eigenvalue weighted by Crippen LogP contribution is -2.25. The fourth-order valence-electron chi connectivity index (χ4n) is 2.88. The number of nitrogens with zero attached hydrogens (tertiary/aromatic N) is 1. The van der Waals surface area contributed by atoms with Crippen LogP contribution in [-0.4, -0.2) is 24.1 Å². The summed E-state index contributed by atoms with van der Waals surface area (Å²) in [6, 6.07) is 13.9. The summed E-state index contributed by atoms with van der Waals surface area (Å²) in [7, 11) is 0. The number of hydrogen-bond acceptors (Lipinski definition) is 3. The van der Waals surface area contributed by atoms with Crippen LogP contribution in [0, 0.1) is 6.92 Å². The quantitative estimate of drug-likeness (QED) is 0.692. The van der Waals surface area contributed by atoms with Crippen molar-refractivity contribution in [1.82, 2.24) is 5.32 Å². The molecule has 6 heteroatoms. The Bertz CT molecular complexity index is 808. The molecule has 1 aliphatic heterocycles. The number of carbonyl (C=O) groups is 2. The van der Waals surface area contributed by atoms with Crippen LogP contribution in [0.15, 0.2) is 51.8 Å². The van der Waals surface area contributed by atoms with Crippen molar-refractivity contribution in [2.75, 3.05) is 17.2 Å². The van der Waals surface area contributed by atoms with Gasteiger partial charge in [-0.05, 0) is 54.8 Å². The maximum Gasteiger partial charge on any atom is 0.230 e. The number of anilines is 1. The van der Waals surface area contributed by atoms with Gasteiger partial charge in [0.05, 0.1) is 5.75 Å². The van der Waals surface area contributed by atoms with Crippen LogP contribution in [-0.2, 0) is 16.1 Å². The first-order valence-electron chi connectivity index (χ1n) is 8.58. The number of aryl methyl sites for hydroxylation is 1. The van der Waals surface area contributed by atoms with Gasteiger partial charge in [0.2, 0.25) is 11.8 Å². The maximum atomic E-state index is 12.1. The number of amides is 2. The van der Waals surface area contributed by atoms with Crippen molar-refractivity contribution in [3.8, 4) is 0 Å². The Kier molecular flexibility index (Phi) is 6.38. The summed E-state index contributed by atoms with van der Waals surface area (Å²) in [6.45, 7) is 3.33. The van der Waals surface area contributed by atoms with Gasteiger partial charge in [-0.2, -0.15) is 0 Å². The highest BCUT2D eigenvalue weighted by atomic mass is 79.9. The lowest BCUT2D eigenvalue weighted by atomic mass is 10.2. The zero-order valence-electron chi connectivity index (χ0n) is 14.6. The lowest BCUT2D eigenvalue weighted by Gasteiger charge is -2.16. The number of carbonyl (C=O) groups excluding carboxylic acids is 2. The summed E-state index contributed by atoms with van der Waals surface area (Å²) >= 11 is 4.99. The predicted octanol–water partition coefficient (Wildman–Crippen LogP) is 4.29. The normalized spacial score (nSPS) is 13.9. The van der Waals surface area contributed by atoms with Crippen LogP contribution in [0.25, 0.3) is 0 Å². The van der Waals surface area contributed by atoms with Crippen LogP contribution in [0.5, 0.6) is 0 Å². The molecule has 136 valence electrons. The SMILES string of the molecule is Cc1cc(Br)ccc1SCC(=O)NCc1ccc(N2CCCC2=O)cc1. The third kappa shape index (κ3) is 4.89. The number of benzene rings is 2. The molecule has 0 radical (unpaired) electrons. The van der Waals surface area contributed by atoms with Crippen LogP contribution < -0.4 is 10.2 Å². The fourth-order valence-corrected chi connectivity index (χ4v) is 4.20. The molecule has 0 saturated carbocycles. The Morgan fingerprint density at radius 1 is 1.23 bits per heavy atom. The van der Waals surface area contributed by atoms with Gasteiger partial charge in [0.1, 0.15) is 0 Å². The van der Waals surface area contributed by atoms with Gasteiger partial charge in [-0.3, -0.25) is 9.59 Å². The van der Waals surface area contributed by atoms with Crippen molar-refractivity contribution in [3.05, 3.63) is 58.1 Å². The molecule has 0 unspecified atom stereocenters. The van der Waals surface area contributed by atoms with E-state index in [-0.39, 0.29) is 11.8 Å². The molecule has 2 aromatic rings. The molecule has 26 heavy (non-hydrogen) atoms. The Morgan fingerprint density at radius 2 is 2.00 bits per heavy atom. The van der Waals surface area contributed by atoms with Crippen LogP contribution >= 0.6 is 27.7 Å². The molecule has 0 spiro atoms. The van der Waals surface area contributed by atoms with Crippen molar-refractivity contribution in [2.45, 2.75) is 31.2 Å². The van der Waals surface area contributed by atoms with Crippen molar-refractivity contribution < 1.29 is 9.59 Å². The average Bonchev–Trinajstić information content (AvgIpc) is 3.05. The molecule has 0 aliphatic carbocycles. The summed E-state index contributed by atoms with van der Waals surface area (Å²) < 4.78 is 1.04. The second-order valence-corrected chi connectivity index (χ2v) is 8.22. The van der Waals surface area contributed by atoms with E-state index >= 15 is 0 Å². The first-order valence-corrected chi connectivity index (χ1v) is 10.4. The highest BCUT2D eigenvalue weighted by Crippen LogP contribution is 2.25. The Balaban J connectivity index is 1.47. The van der Waals surface area contributed by atoms with Crippen LogP contribution in [0.1, 0.15) is 24.0 Å². The van der Waals surface area contributed by atoms with Crippen LogP contribution in [0.2, 0.25) is 0 Å². The summed E-state index contributed by atoms with van der Waals surface area (Å²) in [5.74, 6) is 0.588. The largest absolute Gasteiger partial charge is 0.351 e. The third-order valence-electron chi connectivity index (χ3n) is 4.31. The molecular weight excluding hydrogens is 412 g/mol. The van der Waals surface area contributed by atoms with E-state index in [9.17, 15) is 9.59 Å². The van der Waals surface area contributed by atoms with Crippen LogP contribution in [0.4, 0.5) is 5.69 Å². The Morgan fingerprint density at radius 3 is 2.65 bits per heavy atom. The smallest absolute Gasteiger partial charge is 0.230 e. The van der Waals surface area contributed by atoms with Crippen molar-refractivity contribution in [1.29, 1.82) is 0 Å². The van der Waals surface area contributed by atoms with E-state index in [1.807, 2.05) is 54.3 Å². The molecule has 3 rings (SSSR count). The van der Waals surface area contributed by atoms with Gasteiger partial charge in [-0.1, -0.05) is 28.1 Å². The monoisotopic (exact) mass is 432 g/mol. The molecule has 1 aliphatic rings. The van der Waals surface area contributed by atoms with E-state index < -0.39 is 0 Å². The first-order chi connectivity index (χ1) is 12.5. The second kappa shape index (κ2) is 8.73. The van der Waals surface area contributed by atoms with E-state index in [0.29, 0.717) is 18.7 Å². The standard InChI is InChI=1S/C20H21BrN2O2S/c1-14-11-16(21)6-9-18(14)26-13-19(24)22-12-15-4-7-17(8-5-15)23-10-2-3-20(23)25/h4-9,11H,2-3,10,12-13H2,1H3,(H,22,24). The minimum atomic E-state index is 0.0103. The minimum absolute atomic E-state index is 0.0103. The lowest BCUT2D eigenvalue weighted by molar-refractivity contribution is -0.119. The molecule has 0 atom stereocenters. The molecule has 1 heterocycles. The van der Waals surface area contributed by atoms with Gasteiger partial charge >= 0.3 is 0 Å². The molecular formula is C20H21BrN2O2S. The number of thioether (sulfide) groups is 1. The van der Waals surface area contributed by atoms with E-state index in [1.54, 1.807) is 11.8 Å². The third-order valence-corrected chi connectivity index (χ3v) is 5.98. The van der Waals surface area contributed by atoms with Gasteiger partial charge in [0, 0.05) is 34.6 Å².